The van der Waals surface area contributed by atoms with Gasteiger partial charge in [-0.15, -0.1) is 0 Å². The molecule has 1 unspecified atom stereocenters. The van der Waals surface area contributed by atoms with Crippen molar-refractivity contribution in [1.82, 2.24) is 5.32 Å². The Kier molecular flexibility index (Phi) is 9.35. The van der Waals surface area contributed by atoms with E-state index >= 15 is 0 Å². The second kappa shape index (κ2) is 10.9. The molecule has 0 bridgehead atoms. The van der Waals surface area contributed by atoms with Gasteiger partial charge < -0.3 is 10.1 Å². The van der Waals surface area contributed by atoms with Crippen molar-refractivity contribution in [3.63, 3.8) is 0 Å². The molecule has 0 aromatic heterocycles. The molecular formula is C18H31NO. The Hall–Kier alpha value is -0.860. The van der Waals surface area contributed by atoms with Crippen LogP contribution in [0.4, 0.5) is 0 Å². The summed E-state index contributed by atoms with van der Waals surface area (Å²) in [4.78, 5) is 0. The molecule has 1 rings (SSSR count). The van der Waals surface area contributed by atoms with Gasteiger partial charge in [-0.2, -0.15) is 0 Å². The molecule has 1 atom stereocenters. The smallest absolute Gasteiger partial charge is 0.0469 e. The Morgan fingerprint density at radius 1 is 1.10 bits per heavy atom. The Labute approximate surface area is 124 Å². The molecule has 0 saturated heterocycles. The average Bonchev–Trinajstić information content (AvgIpc) is 2.45. The Morgan fingerprint density at radius 3 is 2.50 bits per heavy atom. The number of hydrogen-bond donors (Lipinski definition) is 1. The van der Waals surface area contributed by atoms with Gasteiger partial charge in [0.2, 0.25) is 0 Å². The molecule has 0 aliphatic rings. The van der Waals surface area contributed by atoms with Crippen LogP contribution in [0.5, 0.6) is 0 Å². The van der Waals surface area contributed by atoms with Crippen LogP contribution in [0, 0.1) is 5.92 Å². The lowest BCUT2D eigenvalue weighted by atomic mass is 9.96. The van der Waals surface area contributed by atoms with Crippen molar-refractivity contribution in [2.24, 2.45) is 5.92 Å². The third kappa shape index (κ3) is 8.34. The number of benzene rings is 1. The summed E-state index contributed by atoms with van der Waals surface area (Å²) in [5.41, 5.74) is 1.43. The van der Waals surface area contributed by atoms with Gasteiger partial charge in [0.1, 0.15) is 0 Å². The van der Waals surface area contributed by atoms with Gasteiger partial charge in [0.15, 0.2) is 0 Å². The first-order chi connectivity index (χ1) is 9.72. The molecule has 0 aliphatic carbocycles. The van der Waals surface area contributed by atoms with Gasteiger partial charge in [-0.3, -0.25) is 0 Å². The fourth-order valence-electron chi connectivity index (χ4n) is 2.22. The highest BCUT2D eigenvalue weighted by molar-refractivity contribution is 5.15. The largest absolute Gasteiger partial charge is 0.381 e. The average molecular weight is 277 g/mol. The third-order valence-electron chi connectivity index (χ3n) is 3.49. The summed E-state index contributed by atoms with van der Waals surface area (Å²) in [7, 11) is 0. The van der Waals surface area contributed by atoms with Crippen molar-refractivity contribution in [3.05, 3.63) is 35.9 Å². The third-order valence-corrected chi connectivity index (χ3v) is 3.49. The fraction of sp³-hybridized carbons (Fsp3) is 0.667. The molecule has 114 valence electrons. The summed E-state index contributed by atoms with van der Waals surface area (Å²) < 4.78 is 5.72. The zero-order valence-corrected chi connectivity index (χ0v) is 13.4. The summed E-state index contributed by atoms with van der Waals surface area (Å²) in [6, 6.07) is 11.3. The van der Waals surface area contributed by atoms with Crippen LogP contribution >= 0.6 is 0 Å². The van der Waals surface area contributed by atoms with E-state index in [2.05, 4.69) is 56.4 Å². The van der Waals surface area contributed by atoms with Crippen molar-refractivity contribution in [3.8, 4) is 0 Å². The van der Waals surface area contributed by atoms with Crippen LogP contribution in [0.3, 0.4) is 0 Å². The number of ether oxygens (including phenoxy) is 1. The summed E-state index contributed by atoms with van der Waals surface area (Å²) in [5, 5.41) is 3.56. The van der Waals surface area contributed by atoms with Crippen molar-refractivity contribution in [2.45, 2.75) is 52.5 Å². The molecule has 0 aliphatic heterocycles. The number of rotatable bonds is 11. The highest BCUT2D eigenvalue weighted by atomic mass is 16.5. The van der Waals surface area contributed by atoms with Gasteiger partial charge in [-0.1, -0.05) is 57.5 Å². The normalized spacial score (nSPS) is 12.8. The lowest BCUT2D eigenvalue weighted by molar-refractivity contribution is 0.116. The van der Waals surface area contributed by atoms with Crippen LogP contribution in [0.2, 0.25) is 0 Å². The van der Waals surface area contributed by atoms with Crippen molar-refractivity contribution in [1.29, 1.82) is 0 Å². The van der Waals surface area contributed by atoms with Crippen LogP contribution in [-0.2, 0) is 11.2 Å². The second-order valence-electron chi connectivity index (χ2n) is 5.87. The van der Waals surface area contributed by atoms with Crippen LogP contribution < -0.4 is 5.32 Å². The molecule has 0 heterocycles. The molecule has 1 N–H and O–H groups in total. The van der Waals surface area contributed by atoms with Gasteiger partial charge in [0, 0.05) is 19.3 Å². The quantitative estimate of drug-likeness (QED) is 0.616. The van der Waals surface area contributed by atoms with E-state index in [1.807, 2.05) is 0 Å². The van der Waals surface area contributed by atoms with E-state index in [0.717, 1.165) is 32.6 Å². The van der Waals surface area contributed by atoms with Gasteiger partial charge in [0.05, 0.1) is 0 Å². The maximum Gasteiger partial charge on any atom is 0.0469 e. The van der Waals surface area contributed by atoms with Crippen LogP contribution in [0.25, 0.3) is 0 Å². The highest BCUT2D eigenvalue weighted by Crippen LogP contribution is 2.12. The van der Waals surface area contributed by atoms with Crippen LogP contribution in [0.15, 0.2) is 30.3 Å². The molecule has 2 nitrogen and oxygen atoms in total. The second-order valence-corrected chi connectivity index (χ2v) is 5.87. The molecule has 0 saturated carbocycles. The van der Waals surface area contributed by atoms with Crippen molar-refractivity contribution < 1.29 is 4.74 Å². The predicted molar refractivity (Wildman–Crippen MR) is 87.1 cm³/mol. The van der Waals surface area contributed by atoms with E-state index < -0.39 is 0 Å². The summed E-state index contributed by atoms with van der Waals surface area (Å²) in [6.07, 6.45) is 4.66. The monoisotopic (exact) mass is 277 g/mol. The summed E-state index contributed by atoms with van der Waals surface area (Å²) >= 11 is 0. The zero-order chi connectivity index (χ0) is 14.6. The minimum absolute atomic E-state index is 0.550. The van der Waals surface area contributed by atoms with Crippen LogP contribution in [0.1, 0.15) is 45.6 Å². The van der Waals surface area contributed by atoms with E-state index in [0.29, 0.717) is 12.0 Å². The highest BCUT2D eigenvalue weighted by Gasteiger charge is 2.10. The van der Waals surface area contributed by atoms with Gasteiger partial charge >= 0.3 is 0 Å². The van der Waals surface area contributed by atoms with E-state index in [9.17, 15) is 0 Å². The van der Waals surface area contributed by atoms with E-state index in [4.69, 9.17) is 4.74 Å². The van der Waals surface area contributed by atoms with Gasteiger partial charge in [0.25, 0.3) is 0 Å². The van der Waals surface area contributed by atoms with E-state index in [1.54, 1.807) is 0 Å². The lowest BCUT2D eigenvalue weighted by Gasteiger charge is -2.19. The van der Waals surface area contributed by atoms with Crippen molar-refractivity contribution >= 4 is 0 Å². The first-order valence-electron chi connectivity index (χ1n) is 8.07. The lowest BCUT2D eigenvalue weighted by Crippen LogP contribution is -2.30. The molecule has 20 heavy (non-hydrogen) atoms. The Balaban J connectivity index is 2.35. The molecule has 0 fully saturated rings. The molecular weight excluding hydrogens is 246 g/mol. The van der Waals surface area contributed by atoms with E-state index in [-0.39, 0.29) is 0 Å². The first-order valence-corrected chi connectivity index (χ1v) is 8.07. The Morgan fingerprint density at radius 2 is 1.85 bits per heavy atom. The zero-order valence-electron chi connectivity index (χ0n) is 13.4. The standard InChI is InChI=1S/C18H31NO/c1-4-5-12-20-13-11-18(15-19-16(2)3)14-17-9-7-6-8-10-17/h6-10,16,18-19H,4-5,11-15H2,1-3H3. The number of unbranched alkanes of at least 4 members (excludes halogenated alkanes) is 1. The predicted octanol–water partition coefficient (Wildman–Crippen LogP) is 4.05. The topological polar surface area (TPSA) is 21.3 Å². The molecule has 1 aromatic rings. The summed E-state index contributed by atoms with van der Waals surface area (Å²) in [5.74, 6) is 0.654. The maximum absolute atomic E-state index is 5.72. The van der Waals surface area contributed by atoms with Gasteiger partial charge in [-0.25, -0.2) is 0 Å². The van der Waals surface area contributed by atoms with Gasteiger partial charge in [-0.05, 0) is 37.3 Å². The minimum atomic E-state index is 0.550. The number of hydrogen-bond acceptors (Lipinski definition) is 2. The molecule has 1 aromatic carbocycles. The molecule has 0 amide bonds. The Bertz CT molecular complexity index is 323. The SMILES string of the molecule is CCCCOCCC(CNC(C)C)Cc1ccccc1. The first kappa shape index (κ1) is 17.2. The summed E-state index contributed by atoms with van der Waals surface area (Å²) in [6.45, 7) is 9.48. The number of nitrogens with one attached hydrogen (secondary N) is 1. The maximum atomic E-state index is 5.72. The van der Waals surface area contributed by atoms with Crippen LogP contribution in [-0.4, -0.2) is 25.8 Å². The molecule has 2 heteroatoms. The molecule has 0 spiro atoms. The minimum Gasteiger partial charge on any atom is -0.381 e. The van der Waals surface area contributed by atoms with E-state index in [1.165, 1.54) is 18.4 Å². The van der Waals surface area contributed by atoms with Crippen molar-refractivity contribution in [2.75, 3.05) is 19.8 Å². The fourth-order valence-corrected chi connectivity index (χ4v) is 2.22. The molecule has 0 radical (unpaired) electrons.